The molecule has 36 heavy (non-hydrogen) atoms. The molecule has 1 fully saturated rings. The SMILES string of the molecule is COc1cccc(-c2nn(Cc3ccccc3)cc2C(=O)N2CCC([C@@H](O)c3ccccc3)CC2)c1. The molecule has 2 heterocycles. The van der Waals surface area contributed by atoms with E-state index in [1.165, 1.54) is 0 Å². The molecule has 6 heteroatoms. The van der Waals surface area contributed by atoms with Crippen LogP contribution in [0.1, 0.15) is 40.4 Å². The second-order valence-corrected chi connectivity index (χ2v) is 9.29. The first kappa shape index (κ1) is 23.8. The number of rotatable bonds is 7. The molecule has 1 amide bonds. The van der Waals surface area contributed by atoms with Gasteiger partial charge < -0.3 is 14.7 Å². The van der Waals surface area contributed by atoms with E-state index in [1.54, 1.807) is 7.11 Å². The highest BCUT2D eigenvalue weighted by atomic mass is 16.5. The van der Waals surface area contributed by atoms with E-state index in [9.17, 15) is 9.90 Å². The van der Waals surface area contributed by atoms with Gasteiger partial charge in [-0.1, -0.05) is 72.8 Å². The van der Waals surface area contributed by atoms with Crippen molar-refractivity contribution in [2.24, 2.45) is 5.92 Å². The van der Waals surface area contributed by atoms with Gasteiger partial charge in [0.1, 0.15) is 11.4 Å². The zero-order chi connectivity index (χ0) is 24.9. The van der Waals surface area contributed by atoms with Crippen LogP contribution in [0.4, 0.5) is 0 Å². The largest absolute Gasteiger partial charge is 0.497 e. The molecule has 1 aromatic heterocycles. The van der Waals surface area contributed by atoms with Crippen molar-refractivity contribution in [3.05, 3.63) is 108 Å². The number of aromatic nitrogens is 2. The standard InChI is InChI=1S/C30H31N3O3/c1-36-26-14-8-13-25(19-26)28-27(21-33(31-28)20-22-9-4-2-5-10-22)30(35)32-17-15-24(16-18-32)29(34)23-11-6-3-7-12-23/h2-14,19,21,24,29,34H,15-18,20H2,1H3/t29-/m0/s1. The van der Waals surface area contributed by atoms with Crippen LogP contribution in [0, 0.1) is 5.92 Å². The maximum atomic E-state index is 13.7. The van der Waals surface area contributed by atoms with Gasteiger partial charge in [0.2, 0.25) is 0 Å². The van der Waals surface area contributed by atoms with Crippen LogP contribution in [0.15, 0.2) is 91.1 Å². The number of aliphatic hydroxyl groups excluding tert-OH is 1. The first-order valence-corrected chi connectivity index (χ1v) is 12.4. The predicted molar refractivity (Wildman–Crippen MR) is 140 cm³/mol. The molecule has 0 spiro atoms. The van der Waals surface area contributed by atoms with E-state index >= 15 is 0 Å². The molecule has 1 atom stereocenters. The molecule has 1 aliphatic heterocycles. The molecule has 5 rings (SSSR count). The van der Waals surface area contributed by atoms with Gasteiger partial charge in [-0.05, 0) is 42.0 Å². The lowest BCUT2D eigenvalue weighted by molar-refractivity contribution is 0.0463. The van der Waals surface area contributed by atoms with E-state index in [0.717, 1.165) is 35.3 Å². The topological polar surface area (TPSA) is 67.6 Å². The van der Waals surface area contributed by atoms with Crippen molar-refractivity contribution in [2.45, 2.75) is 25.5 Å². The number of likely N-dealkylation sites (tertiary alicyclic amines) is 1. The fourth-order valence-electron chi connectivity index (χ4n) is 4.92. The summed E-state index contributed by atoms with van der Waals surface area (Å²) < 4.78 is 7.25. The number of piperidine rings is 1. The van der Waals surface area contributed by atoms with Gasteiger partial charge in [0.25, 0.3) is 5.91 Å². The highest BCUT2D eigenvalue weighted by Crippen LogP contribution is 2.32. The van der Waals surface area contributed by atoms with E-state index in [1.807, 2.05) is 88.6 Å². The number of carbonyl (C=O) groups excluding carboxylic acids is 1. The Labute approximate surface area is 211 Å². The number of benzene rings is 3. The third kappa shape index (κ3) is 5.19. The van der Waals surface area contributed by atoms with Crippen LogP contribution in [0.3, 0.4) is 0 Å². The van der Waals surface area contributed by atoms with Crippen LogP contribution in [-0.4, -0.2) is 45.9 Å². The molecule has 1 saturated heterocycles. The van der Waals surface area contributed by atoms with Crippen molar-refractivity contribution in [1.29, 1.82) is 0 Å². The number of ether oxygens (including phenoxy) is 1. The van der Waals surface area contributed by atoms with E-state index < -0.39 is 6.10 Å². The second kappa shape index (κ2) is 10.8. The highest BCUT2D eigenvalue weighted by molar-refractivity contribution is 6.00. The molecule has 3 aromatic carbocycles. The smallest absolute Gasteiger partial charge is 0.257 e. The summed E-state index contributed by atoms with van der Waals surface area (Å²) in [6.45, 7) is 1.79. The summed E-state index contributed by atoms with van der Waals surface area (Å²) in [5.74, 6) is 0.828. The van der Waals surface area contributed by atoms with Gasteiger partial charge in [-0.25, -0.2) is 0 Å². The van der Waals surface area contributed by atoms with Gasteiger partial charge in [-0.15, -0.1) is 0 Å². The van der Waals surface area contributed by atoms with Gasteiger partial charge in [-0.3, -0.25) is 9.48 Å². The average molecular weight is 482 g/mol. The van der Waals surface area contributed by atoms with Crippen molar-refractivity contribution >= 4 is 5.91 Å². The van der Waals surface area contributed by atoms with Crippen LogP contribution >= 0.6 is 0 Å². The van der Waals surface area contributed by atoms with Crippen molar-refractivity contribution in [3.8, 4) is 17.0 Å². The van der Waals surface area contributed by atoms with Gasteiger partial charge >= 0.3 is 0 Å². The predicted octanol–water partition coefficient (Wildman–Crippen LogP) is 5.19. The first-order valence-electron chi connectivity index (χ1n) is 12.4. The van der Waals surface area contributed by atoms with E-state index in [0.29, 0.717) is 30.9 Å². The Hall–Kier alpha value is -3.90. The van der Waals surface area contributed by atoms with E-state index in [-0.39, 0.29) is 11.8 Å². The minimum absolute atomic E-state index is 0.0280. The maximum Gasteiger partial charge on any atom is 0.257 e. The minimum Gasteiger partial charge on any atom is -0.497 e. The summed E-state index contributed by atoms with van der Waals surface area (Å²) in [6.07, 6.45) is 2.86. The summed E-state index contributed by atoms with van der Waals surface area (Å²) in [6, 6.07) is 27.5. The minimum atomic E-state index is -0.510. The summed E-state index contributed by atoms with van der Waals surface area (Å²) in [5.41, 5.74) is 4.14. The maximum absolute atomic E-state index is 13.7. The van der Waals surface area contributed by atoms with Gasteiger partial charge in [0.05, 0.1) is 25.3 Å². The monoisotopic (exact) mass is 481 g/mol. The zero-order valence-corrected chi connectivity index (χ0v) is 20.5. The molecule has 4 aromatic rings. The number of nitrogens with zero attached hydrogens (tertiary/aromatic N) is 3. The summed E-state index contributed by atoms with van der Waals surface area (Å²) >= 11 is 0. The zero-order valence-electron chi connectivity index (χ0n) is 20.5. The number of hydrogen-bond acceptors (Lipinski definition) is 4. The van der Waals surface area contributed by atoms with Crippen molar-refractivity contribution < 1.29 is 14.6 Å². The number of hydrogen-bond donors (Lipinski definition) is 1. The number of aliphatic hydroxyl groups is 1. The van der Waals surface area contributed by atoms with Gasteiger partial charge in [0.15, 0.2) is 0 Å². The Bertz CT molecular complexity index is 1300. The lowest BCUT2D eigenvalue weighted by Crippen LogP contribution is -2.39. The Morgan fingerprint density at radius 2 is 1.69 bits per heavy atom. The normalized spacial score (nSPS) is 15.0. The quantitative estimate of drug-likeness (QED) is 0.394. The molecule has 0 aliphatic carbocycles. The molecule has 0 unspecified atom stereocenters. The van der Waals surface area contributed by atoms with Crippen LogP contribution in [0.25, 0.3) is 11.3 Å². The second-order valence-electron chi connectivity index (χ2n) is 9.29. The molecule has 0 bridgehead atoms. The summed E-state index contributed by atoms with van der Waals surface area (Å²) in [4.78, 5) is 15.6. The molecular formula is C30H31N3O3. The molecule has 0 saturated carbocycles. The average Bonchev–Trinajstić information content (AvgIpc) is 3.37. The third-order valence-corrected chi connectivity index (χ3v) is 6.94. The highest BCUT2D eigenvalue weighted by Gasteiger charge is 2.30. The van der Waals surface area contributed by atoms with Crippen LogP contribution < -0.4 is 4.74 Å². The number of amides is 1. The van der Waals surface area contributed by atoms with Crippen molar-refractivity contribution in [2.75, 3.05) is 20.2 Å². The van der Waals surface area contributed by atoms with Crippen molar-refractivity contribution in [1.82, 2.24) is 14.7 Å². The van der Waals surface area contributed by atoms with E-state index in [2.05, 4.69) is 12.1 Å². The molecule has 6 nitrogen and oxygen atoms in total. The number of carbonyl (C=O) groups is 1. The first-order chi connectivity index (χ1) is 17.6. The van der Waals surface area contributed by atoms with E-state index in [4.69, 9.17) is 9.84 Å². The molecule has 1 N–H and O–H groups in total. The van der Waals surface area contributed by atoms with Gasteiger partial charge in [-0.2, -0.15) is 5.10 Å². The van der Waals surface area contributed by atoms with Crippen LogP contribution in [0.2, 0.25) is 0 Å². The Balaban J connectivity index is 1.37. The Morgan fingerprint density at radius 3 is 2.39 bits per heavy atom. The van der Waals surface area contributed by atoms with Crippen molar-refractivity contribution in [3.63, 3.8) is 0 Å². The summed E-state index contributed by atoms with van der Waals surface area (Å²) in [5, 5.41) is 15.7. The Morgan fingerprint density at radius 1 is 1.00 bits per heavy atom. The summed E-state index contributed by atoms with van der Waals surface area (Å²) in [7, 11) is 1.63. The molecular weight excluding hydrogens is 450 g/mol. The van der Waals surface area contributed by atoms with Crippen LogP contribution in [-0.2, 0) is 6.54 Å². The lowest BCUT2D eigenvalue weighted by Gasteiger charge is -2.34. The molecule has 1 aliphatic rings. The number of methoxy groups -OCH3 is 1. The Kier molecular flexibility index (Phi) is 7.14. The molecule has 0 radical (unpaired) electrons. The molecule has 184 valence electrons. The van der Waals surface area contributed by atoms with Gasteiger partial charge in [0, 0.05) is 24.8 Å². The van der Waals surface area contributed by atoms with Crippen LogP contribution in [0.5, 0.6) is 5.75 Å². The third-order valence-electron chi connectivity index (χ3n) is 6.94. The fraction of sp³-hybridized carbons (Fsp3) is 0.267. The lowest BCUT2D eigenvalue weighted by atomic mass is 9.87. The fourth-order valence-corrected chi connectivity index (χ4v) is 4.92.